The third kappa shape index (κ3) is 5.68. The summed E-state index contributed by atoms with van der Waals surface area (Å²) in [6.07, 6.45) is 1.10. The summed E-state index contributed by atoms with van der Waals surface area (Å²) < 4.78 is 43.0. The summed E-state index contributed by atoms with van der Waals surface area (Å²) in [6, 6.07) is 11.5. The van der Waals surface area contributed by atoms with Gasteiger partial charge in [0.2, 0.25) is 0 Å². The molecule has 1 aliphatic rings. The number of benzene rings is 2. The van der Waals surface area contributed by atoms with Gasteiger partial charge in [0.05, 0.1) is 22.8 Å². The van der Waals surface area contributed by atoms with E-state index in [4.69, 9.17) is 4.74 Å². The normalized spacial score (nSPS) is 15.0. The number of ether oxygens (including phenoxy) is 1. The molecule has 7 nitrogen and oxygen atoms in total. The highest BCUT2D eigenvalue weighted by atomic mass is 32.2. The van der Waals surface area contributed by atoms with E-state index in [1.807, 2.05) is 0 Å². The number of halogens is 1. The lowest BCUT2D eigenvalue weighted by Gasteiger charge is -2.32. The van der Waals surface area contributed by atoms with Crippen molar-refractivity contribution >= 4 is 21.7 Å². The average molecular weight is 449 g/mol. The minimum absolute atomic E-state index is 0.0468. The predicted molar refractivity (Wildman–Crippen MR) is 113 cm³/mol. The third-order valence-corrected chi connectivity index (χ3v) is 6.95. The van der Waals surface area contributed by atoms with Gasteiger partial charge in [0.15, 0.2) is 9.84 Å². The van der Waals surface area contributed by atoms with Gasteiger partial charge in [0.25, 0.3) is 11.8 Å². The Morgan fingerprint density at radius 2 is 1.74 bits per heavy atom. The van der Waals surface area contributed by atoms with E-state index in [0.717, 1.165) is 0 Å². The van der Waals surface area contributed by atoms with E-state index >= 15 is 0 Å². The maximum absolute atomic E-state index is 13.8. The molecule has 2 amide bonds. The first-order chi connectivity index (χ1) is 14.8. The number of carbonyl (C=O) groups excluding carboxylic acids is 2. The standard InChI is InChI=1S/C22H25FN2O5S/c1-30-14-15-31(28,29)18-8-6-16(7-9-18)21(26)24-17-10-12-25(13-11-17)22(27)19-4-2-3-5-20(19)23/h2-9,17H,10-15H2,1H3,(H,24,26). The van der Waals surface area contributed by atoms with Crippen molar-refractivity contribution < 1.29 is 27.1 Å². The van der Waals surface area contributed by atoms with Gasteiger partial charge in [-0.1, -0.05) is 12.1 Å². The number of hydrogen-bond donors (Lipinski definition) is 1. The summed E-state index contributed by atoms with van der Waals surface area (Å²) in [7, 11) is -2.02. The molecule has 1 aliphatic heterocycles. The van der Waals surface area contributed by atoms with Gasteiger partial charge in [0, 0.05) is 31.8 Å². The van der Waals surface area contributed by atoms with Gasteiger partial charge in [-0.2, -0.15) is 0 Å². The lowest BCUT2D eigenvalue weighted by Crippen LogP contribution is -2.46. The van der Waals surface area contributed by atoms with Gasteiger partial charge in [-0.25, -0.2) is 12.8 Å². The van der Waals surface area contributed by atoms with Crippen LogP contribution in [0.2, 0.25) is 0 Å². The molecule has 0 aromatic heterocycles. The molecule has 1 fully saturated rings. The molecule has 0 saturated carbocycles. The summed E-state index contributed by atoms with van der Waals surface area (Å²) >= 11 is 0. The second kappa shape index (κ2) is 10.0. The number of methoxy groups -OCH3 is 1. The maximum atomic E-state index is 13.8. The lowest BCUT2D eigenvalue weighted by molar-refractivity contribution is 0.0693. The second-order valence-electron chi connectivity index (χ2n) is 7.36. The number of piperidine rings is 1. The van der Waals surface area contributed by atoms with Crippen LogP contribution in [0.1, 0.15) is 33.6 Å². The van der Waals surface area contributed by atoms with Crippen LogP contribution in [0.25, 0.3) is 0 Å². The molecule has 1 N–H and O–H groups in total. The zero-order valence-electron chi connectivity index (χ0n) is 17.2. The number of carbonyl (C=O) groups is 2. The van der Waals surface area contributed by atoms with Crippen molar-refractivity contribution in [1.82, 2.24) is 10.2 Å². The summed E-state index contributed by atoms with van der Waals surface area (Å²) in [4.78, 5) is 26.7. The van der Waals surface area contributed by atoms with Gasteiger partial charge < -0.3 is 15.0 Å². The molecule has 0 unspecified atom stereocenters. The fraction of sp³-hybridized carbons (Fsp3) is 0.364. The fourth-order valence-corrected chi connectivity index (χ4v) is 4.60. The first kappa shape index (κ1) is 22.9. The number of likely N-dealkylation sites (tertiary alicyclic amines) is 1. The molecule has 0 radical (unpaired) electrons. The van der Waals surface area contributed by atoms with Crippen molar-refractivity contribution in [3.05, 3.63) is 65.5 Å². The minimum Gasteiger partial charge on any atom is -0.384 e. The van der Waals surface area contributed by atoms with Gasteiger partial charge in [-0.05, 0) is 49.2 Å². The van der Waals surface area contributed by atoms with Crippen molar-refractivity contribution in [3.8, 4) is 0 Å². The van der Waals surface area contributed by atoms with Crippen molar-refractivity contribution in [2.45, 2.75) is 23.8 Å². The fourth-order valence-electron chi connectivity index (χ4n) is 3.43. The Hall–Kier alpha value is -2.78. The van der Waals surface area contributed by atoms with Crippen LogP contribution in [0.4, 0.5) is 4.39 Å². The summed E-state index contributed by atoms with van der Waals surface area (Å²) in [5, 5.41) is 2.92. The average Bonchev–Trinajstić information content (AvgIpc) is 2.78. The number of nitrogens with one attached hydrogen (secondary N) is 1. The molecule has 0 atom stereocenters. The highest BCUT2D eigenvalue weighted by molar-refractivity contribution is 7.91. The van der Waals surface area contributed by atoms with Crippen LogP contribution in [-0.4, -0.2) is 63.7 Å². The Bertz CT molecular complexity index is 1030. The molecule has 1 heterocycles. The summed E-state index contributed by atoms with van der Waals surface area (Å²) in [5.74, 6) is -1.33. The third-order valence-electron chi connectivity index (χ3n) is 5.25. The van der Waals surface area contributed by atoms with Crippen molar-refractivity contribution in [1.29, 1.82) is 0 Å². The summed E-state index contributed by atoms with van der Waals surface area (Å²) in [5.41, 5.74) is 0.404. The van der Waals surface area contributed by atoms with E-state index in [1.54, 1.807) is 11.0 Å². The molecule has 166 valence electrons. The van der Waals surface area contributed by atoms with Crippen molar-refractivity contribution in [2.75, 3.05) is 32.6 Å². The molecule has 2 aromatic rings. The Labute approximate surface area is 181 Å². The monoisotopic (exact) mass is 448 g/mol. The van der Waals surface area contributed by atoms with Gasteiger partial charge in [0.1, 0.15) is 5.82 Å². The van der Waals surface area contributed by atoms with E-state index < -0.39 is 15.7 Å². The Morgan fingerprint density at radius 3 is 2.35 bits per heavy atom. The van der Waals surface area contributed by atoms with E-state index in [0.29, 0.717) is 31.5 Å². The van der Waals surface area contributed by atoms with Crippen LogP contribution >= 0.6 is 0 Å². The molecule has 2 aromatic carbocycles. The first-order valence-electron chi connectivity index (χ1n) is 9.98. The highest BCUT2D eigenvalue weighted by Gasteiger charge is 2.26. The Morgan fingerprint density at radius 1 is 1.10 bits per heavy atom. The largest absolute Gasteiger partial charge is 0.384 e. The Balaban J connectivity index is 1.54. The molecule has 31 heavy (non-hydrogen) atoms. The maximum Gasteiger partial charge on any atom is 0.256 e. The lowest BCUT2D eigenvalue weighted by atomic mass is 10.0. The van der Waals surface area contributed by atoms with E-state index in [9.17, 15) is 22.4 Å². The number of amides is 2. The Kier molecular flexibility index (Phi) is 7.40. The minimum atomic E-state index is -3.45. The number of hydrogen-bond acceptors (Lipinski definition) is 5. The zero-order chi connectivity index (χ0) is 22.4. The molecule has 1 saturated heterocycles. The van der Waals surface area contributed by atoms with Crippen LogP contribution in [0, 0.1) is 5.82 Å². The van der Waals surface area contributed by atoms with Crippen LogP contribution in [0.5, 0.6) is 0 Å². The molecule has 0 spiro atoms. The van der Waals surface area contributed by atoms with Crippen molar-refractivity contribution in [2.24, 2.45) is 0 Å². The van der Waals surface area contributed by atoms with E-state index in [2.05, 4.69) is 5.32 Å². The van der Waals surface area contributed by atoms with E-state index in [1.165, 1.54) is 49.6 Å². The second-order valence-corrected chi connectivity index (χ2v) is 9.46. The number of nitrogens with zero attached hydrogens (tertiary/aromatic N) is 1. The zero-order valence-corrected chi connectivity index (χ0v) is 18.0. The molecule has 9 heteroatoms. The number of rotatable bonds is 7. The molecular formula is C22H25FN2O5S. The van der Waals surface area contributed by atoms with Crippen LogP contribution in [0.15, 0.2) is 53.4 Å². The predicted octanol–water partition coefficient (Wildman–Crippen LogP) is 2.28. The van der Waals surface area contributed by atoms with Gasteiger partial charge >= 0.3 is 0 Å². The van der Waals surface area contributed by atoms with Gasteiger partial charge in [-0.3, -0.25) is 9.59 Å². The first-order valence-corrected chi connectivity index (χ1v) is 11.6. The van der Waals surface area contributed by atoms with Crippen LogP contribution in [0.3, 0.4) is 0 Å². The smallest absolute Gasteiger partial charge is 0.256 e. The van der Waals surface area contributed by atoms with E-state index in [-0.39, 0.29) is 40.7 Å². The SMILES string of the molecule is COCCS(=O)(=O)c1ccc(C(=O)NC2CCN(C(=O)c3ccccc3F)CC2)cc1. The highest BCUT2D eigenvalue weighted by Crippen LogP contribution is 2.17. The van der Waals surface area contributed by atoms with Crippen LogP contribution < -0.4 is 5.32 Å². The van der Waals surface area contributed by atoms with Crippen LogP contribution in [-0.2, 0) is 14.6 Å². The molecule has 0 bridgehead atoms. The summed E-state index contributed by atoms with van der Waals surface area (Å²) in [6.45, 7) is 0.923. The van der Waals surface area contributed by atoms with Gasteiger partial charge in [-0.15, -0.1) is 0 Å². The molecule has 0 aliphatic carbocycles. The molecular weight excluding hydrogens is 423 g/mol. The molecule has 3 rings (SSSR count). The quantitative estimate of drug-likeness (QED) is 0.702. The number of sulfone groups is 1. The topological polar surface area (TPSA) is 92.8 Å². The van der Waals surface area contributed by atoms with Crippen molar-refractivity contribution in [3.63, 3.8) is 0 Å².